The van der Waals surface area contributed by atoms with E-state index in [0.717, 1.165) is 0 Å². The summed E-state index contributed by atoms with van der Waals surface area (Å²) in [6.45, 7) is 5.56. The molecule has 0 atom stereocenters. The van der Waals surface area contributed by atoms with E-state index in [1.54, 1.807) is 30.6 Å². The molecule has 3 aromatic rings. The van der Waals surface area contributed by atoms with Crippen LogP contribution in [0.4, 0.5) is 5.82 Å². The summed E-state index contributed by atoms with van der Waals surface area (Å²) in [4.78, 5) is 25.5. The van der Waals surface area contributed by atoms with Gasteiger partial charge in [-0.05, 0) is 12.1 Å². The molecular weight excluding hydrogens is 485 g/mol. The van der Waals surface area contributed by atoms with Crippen molar-refractivity contribution in [3.63, 3.8) is 0 Å². The second-order valence-corrected chi connectivity index (χ2v) is 11.2. The predicted molar refractivity (Wildman–Crippen MR) is 133 cm³/mol. The zero-order chi connectivity index (χ0) is 24.8. The molecule has 0 spiro atoms. The molecule has 1 aromatic carbocycles. The maximum absolute atomic E-state index is 14.1. The molecule has 5 rings (SSSR count). The summed E-state index contributed by atoms with van der Waals surface area (Å²) in [7, 11) is -2.89. The van der Waals surface area contributed by atoms with Crippen LogP contribution in [0.3, 0.4) is 0 Å². The summed E-state index contributed by atoms with van der Waals surface area (Å²) in [6.07, 6.45) is 3.17. The normalized spacial score (nSPS) is 17.9. The minimum Gasteiger partial charge on any atom is -0.379 e. The number of carbonyl (C=O) groups excluding carboxylic acids is 1. The highest BCUT2D eigenvalue weighted by Gasteiger charge is 2.39. The van der Waals surface area contributed by atoms with Gasteiger partial charge in [-0.1, -0.05) is 18.2 Å². The number of hydrogen-bond donors (Lipinski definition) is 1. The minimum absolute atomic E-state index is 0.132. The van der Waals surface area contributed by atoms with Gasteiger partial charge in [0.2, 0.25) is 7.44 Å². The number of benzene rings is 1. The molecule has 1 amide bonds. The van der Waals surface area contributed by atoms with Crippen LogP contribution in [0.1, 0.15) is 10.4 Å². The van der Waals surface area contributed by atoms with Crippen LogP contribution in [0.5, 0.6) is 0 Å². The summed E-state index contributed by atoms with van der Waals surface area (Å²) in [5, 5.41) is 2.81. The van der Waals surface area contributed by atoms with Crippen molar-refractivity contribution in [3.8, 4) is 0 Å². The molecule has 4 heterocycles. The van der Waals surface area contributed by atoms with Gasteiger partial charge in [-0.2, -0.15) is 0 Å². The number of anilines is 1. The second-order valence-electron chi connectivity index (χ2n) is 8.49. The first-order valence-electron chi connectivity index (χ1n) is 12.0. The third-order valence-electron chi connectivity index (χ3n) is 6.26. The van der Waals surface area contributed by atoms with E-state index >= 15 is 0 Å². The number of amides is 1. The van der Waals surface area contributed by atoms with E-state index in [-0.39, 0.29) is 12.3 Å². The van der Waals surface area contributed by atoms with Gasteiger partial charge in [0.25, 0.3) is 5.91 Å². The van der Waals surface area contributed by atoms with Crippen molar-refractivity contribution in [2.24, 2.45) is 0 Å². The van der Waals surface area contributed by atoms with Crippen LogP contribution in [0, 0.1) is 0 Å². The second kappa shape index (κ2) is 11.5. The van der Waals surface area contributed by atoms with Crippen LogP contribution in [-0.2, 0) is 25.3 Å². The number of morpholine rings is 2. The van der Waals surface area contributed by atoms with Crippen molar-refractivity contribution in [1.29, 1.82) is 0 Å². The summed E-state index contributed by atoms with van der Waals surface area (Å²) < 4.78 is 36.9. The maximum Gasteiger partial charge on any atom is 0.256 e. The molecule has 1 N–H and O–H groups in total. The molecule has 2 saturated heterocycles. The molecule has 13 heteroatoms. The average molecular weight is 516 g/mol. The van der Waals surface area contributed by atoms with Crippen molar-refractivity contribution in [1.82, 2.24) is 28.9 Å². The van der Waals surface area contributed by atoms with Crippen LogP contribution >= 0.6 is 7.44 Å². The highest BCUT2D eigenvalue weighted by atomic mass is 31.2. The van der Waals surface area contributed by atoms with E-state index in [0.29, 0.717) is 88.3 Å². The van der Waals surface area contributed by atoms with Gasteiger partial charge < -0.3 is 24.1 Å². The molecule has 0 aliphatic carbocycles. The number of rotatable bonds is 9. The Kier molecular flexibility index (Phi) is 8.00. The number of ether oxygens (including phenoxy) is 3. The summed E-state index contributed by atoms with van der Waals surface area (Å²) >= 11 is 0. The Labute approximate surface area is 209 Å². The lowest BCUT2D eigenvalue weighted by Crippen LogP contribution is -2.44. The Bertz CT molecular complexity index is 1190. The van der Waals surface area contributed by atoms with Crippen molar-refractivity contribution in [2.45, 2.75) is 6.54 Å². The highest BCUT2D eigenvalue weighted by Crippen LogP contribution is 2.53. The molecule has 2 fully saturated rings. The number of imidazole rings is 1. The first kappa shape index (κ1) is 24.9. The van der Waals surface area contributed by atoms with Gasteiger partial charge in [0.1, 0.15) is 12.7 Å². The third-order valence-corrected chi connectivity index (χ3v) is 9.35. The highest BCUT2D eigenvalue weighted by molar-refractivity contribution is 7.58. The van der Waals surface area contributed by atoms with Gasteiger partial charge in [-0.15, -0.1) is 0 Å². The fraction of sp³-hybridized carbons (Fsp3) is 0.478. The van der Waals surface area contributed by atoms with Gasteiger partial charge in [0.05, 0.1) is 39.4 Å². The molecule has 0 bridgehead atoms. The monoisotopic (exact) mass is 515 g/mol. The van der Waals surface area contributed by atoms with E-state index < -0.39 is 7.44 Å². The summed E-state index contributed by atoms with van der Waals surface area (Å²) in [6, 6.07) is 8.92. The van der Waals surface area contributed by atoms with Crippen molar-refractivity contribution in [2.75, 3.05) is 70.9 Å². The Morgan fingerprint density at radius 2 is 1.64 bits per heavy atom. The molecule has 2 aliphatic heterocycles. The first-order valence-corrected chi connectivity index (χ1v) is 13.8. The predicted octanol–water partition coefficient (Wildman–Crippen LogP) is 1.91. The van der Waals surface area contributed by atoms with E-state index in [1.165, 1.54) is 6.33 Å². The topological polar surface area (TPSA) is 124 Å². The number of aromatic nitrogens is 4. The molecule has 2 aromatic heterocycles. The Morgan fingerprint density at radius 1 is 0.972 bits per heavy atom. The SMILES string of the molecule is O=C(Nc1ncnc2c1ncn2CCOCP(=O)(N1CCOCC1)N1CCOCC1)c1ccccc1. The van der Waals surface area contributed by atoms with Crippen LogP contribution < -0.4 is 5.32 Å². The maximum atomic E-state index is 14.1. The molecule has 36 heavy (non-hydrogen) atoms. The van der Waals surface area contributed by atoms with Crippen molar-refractivity contribution < 1.29 is 23.6 Å². The Hall–Kier alpha value is -2.73. The quantitative estimate of drug-likeness (QED) is 0.334. The van der Waals surface area contributed by atoms with Crippen LogP contribution in [-0.4, -0.2) is 100 Å². The van der Waals surface area contributed by atoms with Gasteiger partial charge in [0.15, 0.2) is 17.0 Å². The molecule has 192 valence electrons. The van der Waals surface area contributed by atoms with E-state index in [4.69, 9.17) is 14.2 Å². The number of nitrogens with one attached hydrogen (secondary N) is 1. The van der Waals surface area contributed by atoms with Crippen LogP contribution in [0.2, 0.25) is 0 Å². The molecule has 12 nitrogen and oxygen atoms in total. The lowest BCUT2D eigenvalue weighted by Gasteiger charge is -2.42. The fourth-order valence-electron chi connectivity index (χ4n) is 4.33. The molecule has 0 radical (unpaired) electrons. The van der Waals surface area contributed by atoms with Crippen LogP contribution in [0.25, 0.3) is 11.2 Å². The van der Waals surface area contributed by atoms with E-state index in [1.807, 2.05) is 20.0 Å². The smallest absolute Gasteiger partial charge is 0.256 e. The van der Waals surface area contributed by atoms with Crippen molar-refractivity contribution in [3.05, 3.63) is 48.5 Å². The van der Waals surface area contributed by atoms with Crippen LogP contribution in [0.15, 0.2) is 43.0 Å². The number of hydrogen-bond acceptors (Lipinski definition) is 8. The molecule has 0 unspecified atom stereocenters. The first-order chi connectivity index (χ1) is 17.6. The zero-order valence-electron chi connectivity index (χ0n) is 20.0. The van der Waals surface area contributed by atoms with Gasteiger partial charge in [-0.3, -0.25) is 9.36 Å². The minimum atomic E-state index is -2.89. The standard InChI is InChI=1S/C23H30N7O5P/c31-23(19-4-2-1-3-5-19)27-21-20-22(25-16-24-21)28(17-26-20)6-11-35-18-36(32,29-7-12-33-13-8-29)30-9-14-34-15-10-30/h1-5,16-17H,6-15,18H2,(H,24,25,27,31). The largest absolute Gasteiger partial charge is 0.379 e. The van der Waals surface area contributed by atoms with Gasteiger partial charge in [-0.25, -0.2) is 24.3 Å². The van der Waals surface area contributed by atoms with Gasteiger partial charge >= 0.3 is 0 Å². The number of carbonyl (C=O) groups is 1. The molecule has 2 aliphatic rings. The summed E-state index contributed by atoms with van der Waals surface area (Å²) in [5.41, 5.74) is 1.61. The lowest BCUT2D eigenvalue weighted by molar-refractivity contribution is 0.0467. The summed E-state index contributed by atoms with van der Waals surface area (Å²) in [5.74, 6) is 0.0770. The van der Waals surface area contributed by atoms with E-state index in [2.05, 4.69) is 20.3 Å². The molecular formula is C23H30N7O5P. The number of nitrogens with zero attached hydrogens (tertiary/aromatic N) is 6. The fourth-order valence-corrected chi connectivity index (χ4v) is 6.95. The Balaban J connectivity index is 1.23. The zero-order valence-corrected chi connectivity index (χ0v) is 20.9. The van der Waals surface area contributed by atoms with Crippen molar-refractivity contribution >= 4 is 30.3 Å². The van der Waals surface area contributed by atoms with E-state index in [9.17, 15) is 9.36 Å². The lowest BCUT2D eigenvalue weighted by atomic mass is 10.2. The Morgan fingerprint density at radius 3 is 2.31 bits per heavy atom. The third kappa shape index (κ3) is 5.49. The number of fused-ring (bicyclic) bond motifs is 1. The average Bonchev–Trinajstić information content (AvgIpc) is 3.36. The van der Waals surface area contributed by atoms with Gasteiger partial charge in [0, 0.05) is 38.3 Å². The molecule has 0 saturated carbocycles.